The maximum atomic E-state index is 12.5. The summed E-state index contributed by atoms with van der Waals surface area (Å²) in [6, 6.07) is 12.8. The van der Waals surface area contributed by atoms with Gasteiger partial charge in [0.1, 0.15) is 0 Å². The van der Waals surface area contributed by atoms with E-state index in [0.717, 1.165) is 16.7 Å². The van der Waals surface area contributed by atoms with E-state index in [1.54, 1.807) is 12.1 Å². The lowest BCUT2D eigenvalue weighted by molar-refractivity contribution is 0.587. The zero-order chi connectivity index (χ0) is 16.5. The first-order chi connectivity index (χ1) is 10.1. The molecular weight excluding hydrogens is 294 g/mol. The Balaban J connectivity index is 2.33. The van der Waals surface area contributed by atoms with Crippen molar-refractivity contribution >= 4 is 15.7 Å². The Hall–Kier alpha value is -1.81. The number of aryl methyl sites for hydroxylation is 2. The fraction of sp³-hybridized carbons (Fsp3) is 0.333. The summed E-state index contributed by atoms with van der Waals surface area (Å²) in [5, 5.41) is 0. The van der Waals surface area contributed by atoms with Crippen LogP contribution in [0.15, 0.2) is 47.4 Å². The minimum Gasteiger partial charge on any atom is -0.279 e. The van der Waals surface area contributed by atoms with Gasteiger partial charge in [-0.1, -0.05) is 45.0 Å². The van der Waals surface area contributed by atoms with E-state index in [1.165, 1.54) is 0 Å². The molecule has 0 fully saturated rings. The Morgan fingerprint density at radius 3 is 2.05 bits per heavy atom. The van der Waals surface area contributed by atoms with Gasteiger partial charge in [-0.25, -0.2) is 8.42 Å². The minimum atomic E-state index is -3.56. The molecule has 0 saturated heterocycles. The molecule has 3 nitrogen and oxygen atoms in total. The fourth-order valence-corrected chi connectivity index (χ4v) is 3.31. The van der Waals surface area contributed by atoms with Crippen molar-refractivity contribution in [1.29, 1.82) is 0 Å². The molecule has 22 heavy (non-hydrogen) atoms. The summed E-state index contributed by atoms with van der Waals surface area (Å²) in [5.74, 6) is 0. The molecule has 0 bridgehead atoms. The van der Waals surface area contributed by atoms with Crippen LogP contribution in [0.3, 0.4) is 0 Å². The standard InChI is InChI=1S/C18H23NO2S/c1-13-6-7-14(2)17(12-13)19-22(20,21)16-10-8-15(9-11-16)18(3,4)5/h6-12,19H,1-5H3. The normalized spacial score (nSPS) is 12.2. The molecule has 0 aliphatic carbocycles. The summed E-state index contributed by atoms with van der Waals surface area (Å²) in [5.41, 5.74) is 3.66. The summed E-state index contributed by atoms with van der Waals surface area (Å²) in [6.07, 6.45) is 0. The largest absolute Gasteiger partial charge is 0.279 e. The zero-order valence-electron chi connectivity index (χ0n) is 13.8. The molecule has 4 heteroatoms. The van der Waals surface area contributed by atoms with Crippen molar-refractivity contribution in [2.45, 2.75) is 44.9 Å². The van der Waals surface area contributed by atoms with Gasteiger partial charge in [-0.3, -0.25) is 4.72 Å². The van der Waals surface area contributed by atoms with E-state index in [9.17, 15) is 8.42 Å². The topological polar surface area (TPSA) is 46.2 Å². The number of hydrogen-bond acceptors (Lipinski definition) is 2. The van der Waals surface area contributed by atoms with Crippen LogP contribution in [0.1, 0.15) is 37.5 Å². The minimum absolute atomic E-state index is 0.00283. The molecule has 2 aromatic rings. The number of hydrogen-bond donors (Lipinski definition) is 1. The second-order valence-electron chi connectivity index (χ2n) is 6.70. The first-order valence-corrected chi connectivity index (χ1v) is 8.78. The van der Waals surface area contributed by atoms with Gasteiger partial charge in [0.25, 0.3) is 10.0 Å². The van der Waals surface area contributed by atoms with Gasteiger partial charge < -0.3 is 0 Å². The molecule has 0 radical (unpaired) electrons. The van der Waals surface area contributed by atoms with Crippen LogP contribution in [0.2, 0.25) is 0 Å². The van der Waals surface area contributed by atoms with Crippen LogP contribution >= 0.6 is 0 Å². The Labute approximate surface area is 133 Å². The second kappa shape index (κ2) is 5.76. The Bertz CT molecular complexity index is 770. The van der Waals surface area contributed by atoms with E-state index in [2.05, 4.69) is 25.5 Å². The third-order valence-corrected chi connectivity index (χ3v) is 5.05. The summed E-state index contributed by atoms with van der Waals surface area (Å²) in [6.45, 7) is 10.1. The molecule has 0 aliphatic rings. The molecule has 0 amide bonds. The van der Waals surface area contributed by atoms with Crippen molar-refractivity contribution in [3.63, 3.8) is 0 Å². The van der Waals surface area contributed by atoms with Crippen LogP contribution < -0.4 is 4.72 Å². The highest BCUT2D eigenvalue weighted by atomic mass is 32.2. The highest BCUT2D eigenvalue weighted by Crippen LogP contribution is 2.25. The van der Waals surface area contributed by atoms with E-state index in [0.29, 0.717) is 5.69 Å². The molecule has 0 atom stereocenters. The predicted molar refractivity (Wildman–Crippen MR) is 91.9 cm³/mol. The quantitative estimate of drug-likeness (QED) is 0.912. The first kappa shape index (κ1) is 16.6. The zero-order valence-corrected chi connectivity index (χ0v) is 14.6. The molecule has 2 aromatic carbocycles. The van der Waals surface area contributed by atoms with Gasteiger partial charge in [0.15, 0.2) is 0 Å². The average Bonchev–Trinajstić information content (AvgIpc) is 2.42. The molecule has 118 valence electrons. The van der Waals surface area contributed by atoms with Crippen LogP contribution in [0.4, 0.5) is 5.69 Å². The lowest BCUT2D eigenvalue weighted by Gasteiger charge is -2.19. The van der Waals surface area contributed by atoms with Gasteiger partial charge in [0, 0.05) is 0 Å². The summed E-state index contributed by atoms with van der Waals surface area (Å²) >= 11 is 0. The van der Waals surface area contributed by atoms with Crippen LogP contribution in [-0.4, -0.2) is 8.42 Å². The number of benzene rings is 2. The lowest BCUT2D eigenvalue weighted by atomic mass is 9.87. The van der Waals surface area contributed by atoms with Crippen molar-refractivity contribution in [3.05, 3.63) is 59.2 Å². The molecule has 2 rings (SSSR count). The first-order valence-electron chi connectivity index (χ1n) is 7.30. The maximum absolute atomic E-state index is 12.5. The van der Waals surface area contributed by atoms with Gasteiger partial charge in [0.2, 0.25) is 0 Å². The molecule has 0 aliphatic heterocycles. The fourth-order valence-electron chi connectivity index (χ4n) is 2.18. The van der Waals surface area contributed by atoms with Crippen molar-refractivity contribution in [2.24, 2.45) is 0 Å². The molecule has 0 heterocycles. The Morgan fingerprint density at radius 1 is 0.909 bits per heavy atom. The van der Waals surface area contributed by atoms with E-state index < -0.39 is 10.0 Å². The number of nitrogens with one attached hydrogen (secondary N) is 1. The molecule has 0 unspecified atom stereocenters. The van der Waals surface area contributed by atoms with Crippen molar-refractivity contribution in [1.82, 2.24) is 0 Å². The third-order valence-electron chi connectivity index (χ3n) is 3.67. The molecule has 0 spiro atoms. The van der Waals surface area contributed by atoms with E-state index in [1.807, 2.05) is 44.2 Å². The smallest absolute Gasteiger partial charge is 0.261 e. The van der Waals surface area contributed by atoms with Crippen molar-refractivity contribution in [3.8, 4) is 0 Å². The van der Waals surface area contributed by atoms with Crippen molar-refractivity contribution < 1.29 is 8.42 Å². The highest BCUT2D eigenvalue weighted by Gasteiger charge is 2.18. The predicted octanol–water partition coefficient (Wildman–Crippen LogP) is 4.40. The van der Waals surface area contributed by atoms with Crippen LogP contribution in [0.25, 0.3) is 0 Å². The van der Waals surface area contributed by atoms with Crippen LogP contribution in [0, 0.1) is 13.8 Å². The van der Waals surface area contributed by atoms with Gasteiger partial charge >= 0.3 is 0 Å². The molecular formula is C18H23NO2S. The van der Waals surface area contributed by atoms with Gasteiger partial charge in [0.05, 0.1) is 10.6 Å². The monoisotopic (exact) mass is 317 g/mol. The second-order valence-corrected chi connectivity index (χ2v) is 8.38. The summed E-state index contributed by atoms with van der Waals surface area (Å²) < 4.78 is 27.7. The lowest BCUT2D eigenvalue weighted by Crippen LogP contribution is -2.15. The number of rotatable bonds is 3. The summed E-state index contributed by atoms with van der Waals surface area (Å²) in [4.78, 5) is 0.279. The van der Waals surface area contributed by atoms with Crippen molar-refractivity contribution in [2.75, 3.05) is 4.72 Å². The van der Waals surface area contributed by atoms with Gasteiger partial charge in [-0.15, -0.1) is 0 Å². The molecule has 1 N–H and O–H groups in total. The van der Waals surface area contributed by atoms with Gasteiger partial charge in [-0.05, 0) is 54.2 Å². The molecule has 0 saturated carbocycles. The highest BCUT2D eigenvalue weighted by molar-refractivity contribution is 7.92. The van der Waals surface area contributed by atoms with Gasteiger partial charge in [-0.2, -0.15) is 0 Å². The Morgan fingerprint density at radius 2 is 1.50 bits per heavy atom. The number of anilines is 1. The van der Waals surface area contributed by atoms with E-state index >= 15 is 0 Å². The number of sulfonamides is 1. The third kappa shape index (κ3) is 3.69. The van der Waals surface area contributed by atoms with Crippen LogP contribution in [0.5, 0.6) is 0 Å². The van der Waals surface area contributed by atoms with E-state index in [-0.39, 0.29) is 10.3 Å². The summed E-state index contributed by atoms with van der Waals surface area (Å²) in [7, 11) is -3.56. The average molecular weight is 317 g/mol. The molecule has 0 aromatic heterocycles. The Kier molecular flexibility index (Phi) is 4.34. The SMILES string of the molecule is Cc1ccc(C)c(NS(=O)(=O)c2ccc(C(C)(C)C)cc2)c1. The van der Waals surface area contributed by atoms with E-state index in [4.69, 9.17) is 0 Å². The maximum Gasteiger partial charge on any atom is 0.261 e. The van der Waals surface area contributed by atoms with Crippen LogP contribution in [-0.2, 0) is 15.4 Å².